The van der Waals surface area contributed by atoms with Gasteiger partial charge >= 0.3 is 0 Å². The summed E-state index contributed by atoms with van der Waals surface area (Å²) >= 11 is 0. The smallest absolute Gasteiger partial charge is 0.0952 e. The van der Waals surface area contributed by atoms with Crippen molar-refractivity contribution in [3.8, 4) is 0 Å². The molecule has 3 unspecified atom stereocenters. The fourth-order valence-electron chi connectivity index (χ4n) is 4.45. The van der Waals surface area contributed by atoms with Crippen molar-refractivity contribution in [3.05, 3.63) is 54.2 Å². The number of hydrogen-bond donors (Lipinski definition) is 1. The zero-order valence-corrected chi connectivity index (χ0v) is 13.7. The number of rotatable bonds is 3. The quantitative estimate of drug-likeness (QED) is 0.882. The number of piperidine rings is 3. The lowest BCUT2D eigenvalue weighted by Gasteiger charge is -2.50. The van der Waals surface area contributed by atoms with Crippen LogP contribution in [0.3, 0.4) is 0 Å². The molecule has 3 aliphatic heterocycles. The summed E-state index contributed by atoms with van der Waals surface area (Å²) in [5, 5.41) is 12.2. The topological polar surface area (TPSA) is 36.4 Å². The predicted molar refractivity (Wildman–Crippen MR) is 93.2 cm³/mol. The fourth-order valence-corrected chi connectivity index (χ4v) is 4.45. The number of hydrogen-bond acceptors (Lipinski definition) is 3. The molecule has 0 aliphatic carbocycles. The molecule has 3 saturated heterocycles. The van der Waals surface area contributed by atoms with Gasteiger partial charge in [-0.2, -0.15) is 0 Å². The van der Waals surface area contributed by atoms with Gasteiger partial charge in [-0.3, -0.25) is 9.88 Å². The van der Waals surface area contributed by atoms with E-state index in [1.165, 1.54) is 12.0 Å². The molecule has 0 saturated carbocycles. The van der Waals surface area contributed by atoms with Crippen molar-refractivity contribution >= 4 is 10.9 Å². The van der Waals surface area contributed by atoms with Crippen LogP contribution >= 0.6 is 0 Å². The highest BCUT2D eigenvalue weighted by Gasteiger charge is 2.42. The van der Waals surface area contributed by atoms with Crippen molar-refractivity contribution in [2.75, 3.05) is 13.1 Å². The maximum absolute atomic E-state index is 11.1. The highest BCUT2D eigenvalue weighted by atomic mass is 16.3. The third-order valence-corrected chi connectivity index (χ3v) is 5.77. The average molecular weight is 308 g/mol. The molecule has 3 fully saturated rings. The van der Waals surface area contributed by atoms with E-state index in [2.05, 4.69) is 41.6 Å². The number of pyridine rings is 1. The van der Waals surface area contributed by atoms with Crippen LogP contribution in [-0.2, 0) is 0 Å². The number of aliphatic hydroxyl groups is 1. The number of benzene rings is 1. The van der Waals surface area contributed by atoms with Crippen LogP contribution in [0.5, 0.6) is 0 Å². The van der Waals surface area contributed by atoms with Crippen molar-refractivity contribution in [3.63, 3.8) is 0 Å². The summed E-state index contributed by atoms with van der Waals surface area (Å²) < 4.78 is 0. The van der Waals surface area contributed by atoms with Gasteiger partial charge in [0, 0.05) is 24.2 Å². The lowest BCUT2D eigenvalue weighted by atomic mass is 9.73. The second-order valence-corrected chi connectivity index (χ2v) is 7.11. The van der Waals surface area contributed by atoms with Crippen molar-refractivity contribution in [1.29, 1.82) is 0 Å². The van der Waals surface area contributed by atoms with E-state index >= 15 is 0 Å². The number of aryl methyl sites for hydroxylation is 1. The Hall–Kier alpha value is -1.71. The SMILES string of the molecule is C=CC1CN2CCC1C[C@@H]2[C@H](O)c1ccnc2ccc(C)cc12. The van der Waals surface area contributed by atoms with E-state index in [4.69, 9.17) is 0 Å². The first-order valence-corrected chi connectivity index (χ1v) is 8.57. The third kappa shape index (κ3) is 2.48. The molecule has 0 spiro atoms. The zero-order chi connectivity index (χ0) is 16.0. The van der Waals surface area contributed by atoms with E-state index in [-0.39, 0.29) is 6.04 Å². The van der Waals surface area contributed by atoms with Crippen LogP contribution in [0.2, 0.25) is 0 Å². The third-order valence-electron chi connectivity index (χ3n) is 5.77. The summed E-state index contributed by atoms with van der Waals surface area (Å²) in [7, 11) is 0. The van der Waals surface area contributed by atoms with Gasteiger partial charge in [-0.25, -0.2) is 0 Å². The molecule has 0 radical (unpaired) electrons. The lowest BCUT2D eigenvalue weighted by molar-refractivity contribution is -0.0444. The van der Waals surface area contributed by atoms with Gasteiger partial charge in [-0.15, -0.1) is 6.58 Å². The van der Waals surface area contributed by atoms with Gasteiger partial charge in [0.1, 0.15) is 0 Å². The highest BCUT2D eigenvalue weighted by Crippen LogP contribution is 2.41. The lowest BCUT2D eigenvalue weighted by Crippen LogP contribution is -2.54. The number of nitrogens with zero attached hydrogens (tertiary/aromatic N) is 2. The van der Waals surface area contributed by atoms with Crippen molar-refractivity contribution < 1.29 is 5.11 Å². The summed E-state index contributed by atoms with van der Waals surface area (Å²) in [6.45, 7) is 8.21. The number of fused-ring (bicyclic) bond motifs is 4. The Morgan fingerprint density at radius 2 is 2.26 bits per heavy atom. The molecule has 23 heavy (non-hydrogen) atoms. The first-order valence-electron chi connectivity index (χ1n) is 8.57. The second kappa shape index (κ2) is 5.73. The fraction of sp³-hybridized carbons (Fsp3) is 0.450. The monoisotopic (exact) mass is 308 g/mol. The molecule has 3 heteroatoms. The molecule has 2 aromatic rings. The molecule has 1 aromatic heterocycles. The molecule has 1 aromatic carbocycles. The van der Waals surface area contributed by atoms with Crippen LogP contribution in [0.1, 0.15) is 30.1 Å². The van der Waals surface area contributed by atoms with Crippen LogP contribution in [0.4, 0.5) is 0 Å². The van der Waals surface area contributed by atoms with Crippen LogP contribution in [0, 0.1) is 18.8 Å². The Balaban J connectivity index is 1.69. The zero-order valence-electron chi connectivity index (χ0n) is 13.7. The van der Waals surface area contributed by atoms with Crippen LogP contribution in [0.25, 0.3) is 10.9 Å². The highest BCUT2D eigenvalue weighted by molar-refractivity contribution is 5.83. The summed E-state index contributed by atoms with van der Waals surface area (Å²) in [6.07, 6.45) is 5.77. The number of aromatic nitrogens is 1. The minimum Gasteiger partial charge on any atom is -0.387 e. The average Bonchev–Trinajstić information content (AvgIpc) is 2.60. The summed E-state index contributed by atoms with van der Waals surface area (Å²) in [5.41, 5.74) is 3.19. The molecular formula is C20H24N2O. The molecule has 3 aliphatic rings. The summed E-state index contributed by atoms with van der Waals surface area (Å²) in [4.78, 5) is 6.90. The van der Waals surface area contributed by atoms with Crippen LogP contribution in [0.15, 0.2) is 43.1 Å². The summed E-state index contributed by atoms with van der Waals surface area (Å²) in [5.74, 6) is 1.26. The van der Waals surface area contributed by atoms with Gasteiger partial charge in [-0.1, -0.05) is 17.7 Å². The molecule has 120 valence electrons. The molecule has 3 nitrogen and oxygen atoms in total. The van der Waals surface area contributed by atoms with Gasteiger partial charge in [-0.05, 0) is 61.9 Å². The molecule has 5 rings (SSSR count). The maximum Gasteiger partial charge on any atom is 0.0952 e. The van der Waals surface area contributed by atoms with E-state index < -0.39 is 6.10 Å². The Morgan fingerprint density at radius 3 is 3.00 bits per heavy atom. The van der Waals surface area contributed by atoms with Crippen molar-refractivity contribution in [1.82, 2.24) is 9.88 Å². The number of aliphatic hydroxyl groups excluding tert-OH is 1. The van der Waals surface area contributed by atoms with Crippen molar-refractivity contribution in [2.45, 2.75) is 31.9 Å². The summed E-state index contributed by atoms with van der Waals surface area (Å²) in [6, 6.07) is 8.47. The van der Waals surface area contributed by atoms with E-state index in [0.29, 0.717) is 11.8 Å². The van der Waals surface area contributed by atoms with Gasteiger partial charge in [0.15, 0.2) is 0 Å². The van der Waals surface area contributed by atoms with Gasteiger partial charge in [0.2, 0.25) is 0 Å². The Kier molecular flexibility index (Phi) is 3.70. The van der Waals surface area contributed by atoms with Crippen molar-refractivity contribution in [2.24, 2.45) is 11.8 Å². The van der Waals surface area contributed by atoms with Crippen LogP contribution < -0.4 is 0 Å². The second-order valence-electron chi connectivity index (χ2n) is 7.11. The molecule has 1 N–H and O–H groups in total. The van der Waals surface area contributed by atoms with E-state index in [1.54, 1.807) is 0 Å². The largest absolute Gasteiger partial charge is 0.387 e. The minimum absolute atomic E-state index is 0.219. The van der Waals surface area contributed by atoms with Crippen LogP contribution in [-0.4, -0.2) is 34.1 Å². The van der Waals surface area contributed by atoms with Gasteiger partial charge < -0.3 is 5.11 Å². The predicted octanol–water partition coefficient (Wildman–Crippen LogP) is 3.47. The maximum atomic E-state index is 11.1. The minimum atomic E-state index is -0.448. The van der Waals surface area contributed by atoms with Gasteiger partial charge in [0.05, 0.1) is 11.6 Å². The first-order chi connectivity index (χ1) is 11.2. The molecular weight excluding hydrogens is 284 g/mol. The normalized spacial score (nSPS) is 31.2. The van der Waals surface area contributed by atoms with E-state index in [1.807, 2.05) is 18.3 Å². The Morgan fingerprint density at radius 1 is 1.39 bits per heavy atom. The molecule has 5 atom stereocenters. The Labute approximate surface area is 137 Å². The first kappa shape index (κ1) is 14.9. The molecule has 4 heterocycles. The van der Waals surface area contributed by atoms with E-state index in [9.17, 15) is 5.11 Å². The van der Waals surface area contributed by atoms with E-state index in [0.717, 1.165) is 36.0 Å². The Bertz CT molecular complexity index is 741. The molecule has 0 amide bonds. The van der Waals surface area contributed by atoms with Gasteiger partial charge in [0.25, 0.3) is 0 Å². The standard InChI is InChI=1S/C20H24N2O/c1-3-14-12-22-9-7-15(14)11-19(22)20(23)16-6-8-21-18-5-4-13(2)10-17(16)18/h3-6,8,10,14-15,19-20,23H,1,7,9,11-12H2,2H3/t14?,15?,19-,20-/m1/s1. The molecule has 2 bridgehead atoms.